The maximum Gasteiger partial charge on any atom is 0.321 e. The van der Waals surface area contributed by atoms with Crippen molar-refractivity contribution in [3.05, 3.63) is 52.8 Å². The van der Waals surface area contributed by atoms with Crippen LogP contribution >= 0.6 is 0 Å². The number of methoxy groups -OCH3 is 2. The fraction of sp³-hybridized carbons (Fsp3) is 0.318. The fourth-order valence-corrected chi connectivity index (χ4v) is 3.82. The van der Waals surface area contributed by atoms with Crippen molar-refractivity contribution in [2.75, 3.05) is 50.6 Å². The van der Waals surface area contributed by atoms with Crippen LogP contribution in [0.5, 0.6) is 11.5 Å². The van der Waals surface area contributed by atoms with Crippen LogP contribution in [0.4, 0.5) is 22.0 Å². The molecular weight excluding hydrogens is 428 g/mol. The van der Waals surface area contributed by atoms with Crippen LogP contribution in [-0.4, -0.2) is 66.2 Å². The summed E-state index contributed by atoms with van der Waals surface area (Å²) >= 11 is 0. The molecule has 1 saturated heterocycles. The summed E-state index contributed by atoms with van der Waals surface area (Å²) in [6.07, 6.45) is 2.28. The Morgan fingerprint density at radius 2 is 1.76 bits per heavy atom. The van der Waals surface area contributed by atoms with E-state index in [-0.39, 0.29) is 11.7 Å². The molecule has 3 aromatic rings. The van der Waals surface area contributed by atoms with Crippen LogP contribution in [0.3, 0.4) is 0 Å². The molecule has 0 radical (unpaired) electrons. The summed E-state index contributed by atoms with van der Waals surface area (Å²) in [6, 6.07) is 9.22. The van der Waals surface area contributed by atoms with Crippen LogP contribution in [0, 0.1) is 10.1 Å². The molecule has 172 valence electrons. The number of rotatable bonds is 5. The first-order valence-electron chi connectivity index (χ1n) is 10.4. The zero-order valence-electron chi connectivity index (χ0n) is 18.4. The van der Waals surface area contributed by atoms with E-state index in [2.05, 4.69) is 20.2 Å². The number of benzene rings is 2. The molecule has 2 heterocycles. The van der Waals surface area contributed by atoms with Crippen LogP contribution in [0.1, 0.15) is 6.42 Å². The van der Waals surface area contributed by atoms with E-state index in [1.165, 1.54) is 30.6 Å². The van der Waals surface area contributed by atoms with Gasteiger partial charge in [-0.05, 0) is 24.6 Å². The molecule has 0 bridgehead atoms. The predicted molar refractivity (Wildman–Crippen MR) is 123 cm³/mol. The average Bonchev–Trinajstić information content (AvgIpc) is 3.09. The van der Waals surface area contributed by atoms with Crippen LogP contribution < -0.4 is 19.7 Å². The number of nitrogens with zero attached hydrogens (tertiary/aromatic N) is 5. The standard InChI is InChI=1S/C22H24N6O5/c1-32-19-12-17-18(13-20(19)33-2)23-14-24-21(17)26-8-3-9-27(11-10-26)22(29)25-15-4-6-16(7-5-15)28(30)31/h4-7,12-14H,3,8-11H2,1-2H3,(H,25,29). The van der Waals surface area contributed by atoms with E-state index in [9.17, 15) is 14.9 Å². The lowest BCUT2D eigenvalue weighted by Gasteiger charge is -2.24. The summed E-state index contributed by atoms with van der Waals surface area (Å²) in [5, 5.41) is 14.5. The SMILES string of the molecule is COc1cc2ncnc(N3CCCN(C(=O)Nc4ccc([N+](=O)[O-])cc4)CC3)c2cc1OC. The van der Waals surface area contributed by atoms with Gasteiger partial charge < -0.3 is 24.6 Å². The van der Waals surface area contributed by atoms with Crippen molar-refractivity contribution < 1.29 is 19.2 Å². The molecule has 0 spiro atoms. The number of fused-ring (bicyclic) bond motifs is 1. The van der Waals surface area contributed by atoms with E-state index in [1.807, 2.05) is 12.1 Å². The van der Waals surface area contributed by atoms with E-state index < -0.39 is 4.92 Å². The number of carbonyl (C=O) groups excluding carboxylic acids is 1. The fourth-order valence-electron chi connectivity index (χ4n) is 3.82. The quantitative estimate of drug-likeness (QED) is 0.462. The summed E-state index contributed by atoms with van der Waals surface area (Å²) in [4.78, 5) is 35.8. The monoisotopic (exact) mass is 452 g/mol. The number of amides is 2. The van der Waals surface area contributed by atoms with Gasteiger partial charge in [0.15, 0.2) is 11.5 Å². The smallest absolute Gasteiger partial charge is 0.321 e. The second-order valence-corrected chi connectivity index (χ2v) is 7.48. The second-order valence-electron chi connectivity index (χ2n) is 7.48. The zero-order valence-corrected chi connectivity index (χ0v) is 18.4. The van der Waals surface area contributed by atoms with Gasteiger partial charge in [0.25, 0.3) is 5.69 Å². The van der Waals surface area contributed by atoms with Crippen molar-refractivity contribution in [3.63, 3.8) is 0 Å². The first-order chi connectivity index (χ1) is 16.0. The number of nitro groups is 1. The Balaban J connectivity index is 1.48. The Hall–Kier alpha value is -4.15. The largest absolute Gasteiger partial charge is 0.493 e. The highest BCUT2D eigenvalue weighted by molar-refractivity contribution is 5.92. The van der Waals surface area contributed by atoms with Crippen molar-refractivity contribution in [1.82, 2.24) is 14.9 Å². The summed E-state index contributed by atoms with van der Waals surface area (Å²) in [5.41, 5.74) is 1.23. The van der Waals surface area contributed by atoms with Gasteiger partial charge >= 0.3 is 6.03 Å². The number of nitrogens with one attached hydrogen (secondary N) is 1. The van der Waals surface area contributed by atoms with Gasteiger partial charge in [-0.25, -0.2) is 14.8 Å². The normalized spacial score (nSPS) is 14.0. The highest BCUT2D eigenvalue weighted by atomic mass is 16.6. The third-order valence-electron chi connectivity index (χ3n) is 5.53. The number of hydrogen-bond donors (Lipinski definition) is 1. The molecule has 11 heteroatoms. The third-order valence-corrected chi connectivity index (χ3v) is 5.53. The van der Waals surface area contributed by atoms with Crippen molar-refractivity contribution in [2.45, 2.75) is 6.42 Å². The number of hydrogen-bond acceptors (Lipinski definition) is 8. The second kappa shape index (κ2) is 9.55. The van der Waals surface area contributed by atoms with Crippen molar-refractivity contribution in [1.29, 1.82) is 0 Å². The highest BCUT2D eigenvalue weighted by Gasteiger charge is 2.22. The topological polar surface area (TPSA) is 123 Å². The first-order valence-corrected chi connectivity index (χ1v) is 10.4. The first kappa shape index (κ1) is 22.1. The number of aromatic nitrogens is 2. The van der Waals surface area contributed by atoms with Crippen molar-refractivity contribution >= 4 is 34.1 Å². The molecule has 1 N–H and O–H groups in total. The van der Waals surface area contributed by atoms with Gasteiger partial charge in [0.1, 0.15) is 12.1 Å². The lowest BCUT2D eigenvalue weighted by Crippen LogP contribution is -2.38. The lowest BCUT2D eigenvalue weighted by atomic mass is 10.2. The third kappa shape index (κ3) is 4.71. The Bertz CT molecular complexity index is 1170. The summed E-state index contributed by atoms with van der Waals surface area (Å²) in [7, 11) is 3.16. The van der Waals surface area contributed by atoms with E-state index >= 15 is 0 Å². The van der Waals surface area contributed by atoms with Gasteiger partial charge in [-0.2, -0.15) is 0 Å². The predicted octanol–water partition coefficient (Wildman–Crippen LogP) is 3.30. The van der Waals surface area contributed by atoms with Crippen LogP contribution in [0.25, 0.3) is 10.9 Å². The maximum atomic E-state index is 12.8. The Kier molecular flexibility index (Phi) is 6.38. The number of non-ortho nitro benzene ring substituents is 1. The zero-order chi connectivity index (χ0) is 23.4. The molecule has 0 aliphatic carbocycles. The molecule has 1 fully saturated rings. The van der Waals surface area contributed by atoms with Gasteiger partial charge in [-0.15, -0.1) is 0 Å². The summed E-state index contributed by atoms with van der Waals surface area (Å²) < 4.78 is 10.8. The molecule has 0 atom stereocenters. The van der Waals surface area contributed by atoms with Crippen LogP contribution in [-0.2, 0) is 0 Å². The van der Waals surface area contributed by atoms with Gasteiger partial charge in [-0.3, -0.25) is 10.1 Å². The van der Waals surface area contributed by atoms with Gasteiger partial charge in [0.2, 0.25) is 0 Å². The van der Waals surface area contributed by atoms with Gasteiger partial charge in [-0.1, -0.05) is 0 Å². The molecular formula is C22H24N6O5. The Labute approximate surface area is 190 Å². The number of ether oxygens (including phenoxy) is 2. The summed E-state index contributed by atoms with van der Waals surface area (Å²) in [5.74, 6) is 1.97. The van der Waals surface area contributed by atoms with Crippen molar-refractivity contribution in [2.24, 2.45) is 0 Å². The molecule has 2 amide bonds. The molecule has 2 aromatic carbocycles. The highest BCUT2D eigenvalue weighted by Crippen LogP contribution is 2.35. The van der Waals surface area contributed by atoms with Crippen LogP contribution in [0.2, 0.25) is 0 Å². The number of carbonyl (C=O) groups is 1. The molecule has 33 heavy (non-hydrogen) atoms. The van der Waals surface area contributed by atoms with Crippen molar-refractivity contribution in [3.8, 4) is 11.5 Å². The number of nitro benzene ring substituents is 1. The molecule has 0 saturated carbocycles. The average molecular weight is 452 g/mol. The molecule has 1 aliphatic rings. The van der Waals surface area contributed by atoms with E-state index in [4.69, 9.17) is 9.47 Å². The van der Waals surface area contributed by atoms with Gasteiger partial charge in [0, 0.05) is 55.5 Å². The lowest BCUT2D eigenvalue weighted by molar-refractivity contribution is -0.384. The molecule has 1 aliphatic heterocycles. The Morgan fingerprint density at radius 1 is 1.03 bits per heavy atom. The molecule has 0 unspecified atom stereocenters. The molecule has 1 aromatic heterocycles. The summed E-state index contributed by atoms with van der Waals surface area (Å²) in [6.45, 7) is 2.39. The maximum absolute atomic E-state index is 12.8. The van der Waals surface area contributed by atoms with E-state index in [0.29, 0.717) is 36.8 Å². The Morgan fingerprint density at radius 3 is 2.45 bits per heavy atom. The minimum atomic E-state index is -0.475. The van der Waals surface area contributed by atoms with Gasteiger partial charge in [0.05, 0.1) is 24.7 Å². The minimum Gasteiger partial charge on any atom is -0.493 e. The minimum absolute atomic E-state index is 0.0234. The van der Waals surface area contributed by atoms with E-state index in [1.54, 1.807) is 19.1 Å². The number of anilines is 2. The van der Waals surface area contributed by atoms with E-state index in [0.717, 1.165) is 29.7 Å². The molecule has 4 rings (SSSR count). The molecule has 11 nitrogen and oxygen atoms in total. The van der Waals surface area contributed by atoms with Crippen LogP contribution in [0.15, 0.2) is 42.7 Å². The number of urea groups is 1.